The number of aromatic nitrogens is 3. The Morgan fingerprint density at radius 1 is 1.24 bits per heavy atom. The zero-order chi connectivity index (χ0) is 23.9. The van der Waals surface area contributed by atoms with Crippen LogP contribution in [0.2, 0.25) is 0 Å². The molecule has 174 valence electrons. The molecule has 4 aromatic rings. The van der Waals surface area contributed by atoms with Gasteiger partial charge in [-0.05, 0) is 60.5 Å². The van der Waals surface area contributed by atoms with E-state index in [1.54, 1.807) is 12.4 Å². The maximum atomic E-state index is 15.2. The predicted molar refractivity (Wildman–Crippen MR) is 136 cm³/mol. The molecule has 3 aromatic heterocycles. The molecule has 4 N–H and O–H groups in total. The largest absolute Gasteiger partial charge is 0.494 e. The van der Waals surface area contributed by atoms with Gasteiger partial charge in [-0.25, -0.2) is 9.37 Å². The molecule has 6 nitrogen and oxygen atoms in total. The van der Waals surface area contributed by atoms with E-state index in [1.807, 2.05) is 42.5 Å². The fourth-order valence-electron chi connectivity index (χ4n) is 3.83. The highest BCUT2D eigenvalue weighted by molar-refractivity contribution is 5.98. The van der Waals surface area contributed by atoms with Crippen molar-refractivity contribution in [2.45, 2.75) is 13.3 Å². The highest BCUT2D eigenvalue weighted by Crippen LogP contribution is 2.29. The minimum absolute atomic E-state index is 0.420. The number of benzene rings is 1. The Balaban J connectivity index is 1.75. The van der Waals surface area contributed by atoms with Crippen LogP contribution in [0.25, 0.3) is 40.0 Å². The Morgan fingerprint density at radius 3 is 2.76 bits per heavy atom. The van der Waals surface area contributed by atoms with Gasteiger partial charge >= 0.3 is 0 Å². The summed E-state index contributed by atoms with van der Waals surface area (Å²) >= 11 is 0. The van der Waals surface area contributed by atoms with Gasteiger partial charge in [-0.3, -0.25) is 4.98 Å². The first-order chi connectivity index (χ1) is 16.6. The number of allylic oxidation sites excluding steroid dienone is 1. The number of hydrogen-bond donors (Lipinski definition) is 3. The lowest BCUT2D eigenvalue weighted by molar-refractivity contribution is 0.309. The Hall–Kier alpha value is -3.97. The number of ether oxygens (including phenoxy) is 1. The van der Waals surface area contributed by atoms with Crippen molar-refractivity contribution >= 4 is 28.9 Å². The van der Waals surface area contributed by atoms with E-state index >= 15 is 4.39 Å². The minimum Gasteiger partial charge on any atom is -0.494 e. The Bertz CT molecular complexity index is 1400. The van der Waals surface area contributed by atoms with E-state index in [1.165, 1.54) is 12.4 Å². The van der Waals surface area contributed by atoms with Crippen LogP contribution in [0.4, 0.5) is 4.39 Å². The van der Waals surface area contributed by atoms with E-state index in [9.17, 15) is 0 Å². The molecule has 0 aliphatic rings. The number of hydrogen-bond acceptors (Lipinski definition) is 5. The van der Waals surface area contributed by atoms with Crippen molar-refractivity contribution in [2.75, 3.05) is 19.7 Å². The molecular formula is C27H28FN5O. The number of nitrogens with one attached hydrogen (secondary N) is 2. The number of H-pyrrole nitrogens is 1. The standard InChI is InChI=1S/C27H28FN5O/c1-3-30-12-5-13-34-21-9-7-19(8-10-21)25-23(28)17-32-27-26(25)22(24(15-29)33-27)14-18(2)20-6-4-11-31-16-20/h4,6-11,14-17,30H,2-3,5,12-13,29H2,1H3,(H,32,33)/b22-14+,24-15+. The molecule has 0 fully saturated rings. The summed E-state index contributed by atoms with van der Waals surface area (Å²) in [5, 5.41) is 5.27. The van der Waals surface area contributed by atoms with Crippen LogP contribution in [0.15, 0.2) is 61.6 Å². The Morgan fingerprint density at radius 2 is 2.06 bits per heavy atom. The predicted octanol–water partition coefficient (Wildman–Crippen LogP) is 3.33. The van der Waals surface area contributed by atoms with E-state index in [0.29, 0.717) is 34.1 Å². The first-order valence-electron chi connectivity index (χ1n) is 11.3. The molecule has 0 saturated heterocycles. The van der Waals surface area contributed by atoms with Crippen molar-refractivity contribution < 1.29 is 9.13 Å². The maximum Gasteiger partial charge on any atom is 0.150 e. The van der Waals surface area contributed by atoms with E-state index in [4.69, 9.17) is 10.5 Å². The number of pyridine rings is 2. The average molecular weight is 458 g/mol. The molecule has 4 rings (SSSR count). The first-order valence-corrected chi connectivity index (χ1v) is 11.3. The molecule has 0 amide bonds. The molecule has 0 bridgehead atoms. The summed E-state index contributed by atoms with van der Waals surface area (Å²) in [7, 11) is 0. The van der Waals surface area contributed by atoms with Gasteiger partial charge in [-0.2, -0.15) is 0 Å². The van der Waals surface area contributed by atoms with Crippen LogP contribution in [-0.2, 0) is 0 Å². The van der Waals surface area contributed by atoms with Crippen LogP contribution in [0, 0.1) is 5.82 Å². The zero-order valence-corrected chi connectivity index (χ0v) is 19.1. The SMILES string of the molecule is C=C(/C=c1\c(=C/N)[nH]c2ncc(F)c(-c3ccc(OCCCNCC)cc3)c12)c1cccnc1. The maximum absolute atomic E-state index is 15.2. The molecule has 0 unspecified atom stereocenters. The van der Waals surface area contributed by atoms with Gasteiger partial charge in [-0.15, -0.1) is 0 Å². The highest BCUT2D eigenvalue weighted by atomic mass is 19.1. The molecule has 0 atom stereocenters. The molecule has 7 heteroatoms. The van der Waals surface area contributed by atoms with E-state index < -0.39 is 5.82 Å². The van der Waals surface area contributed by atoms with E-state index in [0.717, 1.165) is 41.6 Å². The van der Waals surface area contributed by atoms with Gasteiger partial charge in [-0.1, -0.05) is 31.7 Å². The highest BCUT2D eigenvalue weighted by Gasteiger charge is 2.15. The third kappa shape index (κ3) is 5.00. The minimum atomic E-state index is -0.420. The molecule has 0 aliphatic heterocycles. The van der Waals surface area contributed by atoms with Gasteiger partial charge in [0, 0.05) is 34.8 Å². The van der Waals surface area contributed by atoms with Crippen LogP contribution >= 0.6 is 0 Å². The van der Waals surface area contributed by atoms with Crippen molar-refractivity contribution in [3.63, 3.8) is 0 Å². The van der Waals surface area contributed by atoms with Crippen LogP contribution in [0.5, 0.6) is 5.75 Å². The average Bonchev–Trinajstić information content (AvgIpc) is 3.22. The second kappa shape index (κ2) is 10.8. The Kier molecular flexibility index (Phi) is 7.34. The summed E-state index contributed by atoms with van der Waals surface area (Å²) in [6, 6.07) is 11.2. The number of fused-ring (bicyclic) bond motifs is 1. The van der Waals surface area contributed by atoms with Gasteiger partial charge in [0.1, 0.15) is 17.2 Å². The molecule has 3 heterocycles. The zero-order valence-electron chi connectivity index (χ0n) is 19.1. The lowest BCUT2D eigenvalue weighted by atomic mass is 10.0. The molecule has 0 spiro atoms. The quantitative estimate of drug-likeness (QED) is 0.336. The molecule has 0 aliphatic carbocycles. The third-order valence-electron chi connectivity index (χ3n) is 5.52. The number of rotatable bonds is 9. The number of aromatic amines is 1. The van der Waals surface area contributed by atoms with Crippen LogP contribution in [0.1, 0.15) is 18.9 Å². The lowest BCUT2D eigenvalue weighted by Crippen LogP contribution is -2.24. The van der Waals surface area contributed by atoms with E-state index in [2.05, 4.69) is 33.8 Å². The van der Waals surface area contributed by atoms with Gasteiger partial charge < -0.3 is 20.8 Å². The lowest BCUT2D eigenvalue weighted by Gasteiger charge is -2.09. The van der Waals surface area contributed by atoms with Crippen molar-refractivity contribution in [1.29, 1.82) is 0 Å². The fraction of sp³-hybridized carbons (Fsp3) is 0.185. The van der Waals surface area contributed by atoms with Crippen LogP contribution in [-0.4, -0.2) is 34.6 Å². The molecule has 1 aromatic carbocycles. The number of nitrogens with zero attached hydrogens (tertiary/aromatic N) is 2. The summed E-state index contributed by atoms with van der Waals surface area (Å²) in [5.41, 5.74) is 9.19. The van der Waals surface area contributed by atoms with E-state index in [-0.39, 0.29) is 0 Å². The Labute approximate surface area is 197 Å². The normalized spacial score (nSPS) is 12.4. The second-order valence-corrected chi connectivity index (χ2v) is 7.81. The number of halogens is 1. The summed E-state index contributed by atoms with van der Waals surface area (Å²) in [6.45, 7) is 8.71. The summed E-state index contributed by atoms with van der Waals surface area (Å²) < 4.78 is 21.0. The van der Waals surface area contributed by atoms with Crippen molar-refractivity contribution in [1.82, 2.24) is 20.3 Å². The van der Waals surface area contributed by atoms with Gasteiger partial charge in [0.25, 0.3) is 0 Å². The first kappa shape index (κ1) is 23.2. The summed E-state index contributed by atoms with van der Waals surface area (Å²) in [4.78, 5) is 11.6. The number of nitrogens with two attached hydrogens (primary N) is 1. The van der Waals surface area contributed by atoms with Crippen molar-refractivity contribution in [2.24, 2.45) is 5.73 Å². The van der Waals surface area contributed by atoms with Crippen LogP contribution < -0.4 is 26.4 Å². The van der Waals surface area contributed by atoms with Gasteiger partial charge in [0.2, 0.25) is 0 Å². The topological polar surface area (TPSA) is 88.9 Å². The van der Waals surface area contributed by atoms with Gasteiger partial charge in [0.05, 0.1) is 18.2 Å². The van der Waals surface area contributed by atoms with Crippen molar-refractivity contribution in [3.05, 3.63) is 83.5 Å². The van der Waals surface area contributed by atoms with Crippen molar-refractivity contribution in [3.8, 4) is 16.9 Å². The monoisotopic (exact) mass is 457 g/mol. The smallest absolute Gasteiger partial charge is 0.150 e. The third-order valence-corrected chi connectivity index (χ3v) is 5.52. The summed E-state index contributed by atoms with van der Waals surface area (Å²) in [6.07, 6.45) is 8.90. The molecular weight excluding hydrogens is 429 g/mol. The van der Waals surface area contributed by atoms with Gasteiger partial charge in [0.15, 0.2) is 0 Å². The van der Waals surface area contributed by atoms with Crippen LogP contribution in [0.3, 0.4) is 0 Å². The summed E-state index contributed by atoms with van der Waals surface area (Å²) in [5.74, 6) is 0.323. The fourth-order valence-corrected chi connectivity index (χ4v) is 3.83. The molecule has 0 saturated carbocycles. The molecule has 0 radical (unpaired) electrons. The molecule has 34 heavy (non-hydrogen) atoms. The second-order valence-electron chi connectivity index (χ2n) is 7.81.